The van der Waals surface area contributed by atoms with Crippen molar-refractivity contribution >= 4 is 16.8 Å². The van der Waals surface area contributed by atoms with Crippen LogP contribution in [0.1, 0.15) is 19.4 Å². The number of H-pyrrole nitrogens is 1. The molecule has 128 valence electrons. The average Bonchev–Trinajstić information content (AvgIpc) is 3.24. The van der Waals surface area contributed by atoms with Crippen molar-refractivity contribution in [3.05, 3.63) is 41.2 Å². The van der Waals surface area contributed by atoms with Gasteiger partial charge in [-0.1, -0.05) is 0 Å². The van der Waals surface area contributed by atoms with Crippen LogP contribution in [0, 0.1) is 0 Å². The van der Waals surface area contributed by atoms with Crippen LogP contribution in [-0.2, 0) is 4.79 Å². The van der Waals surface area contributed by atoms with E-state index in [0.717, 1.165) is 13.0 Å². The van der Waals surface area contributed by atoms with Crippen molar-refractivity contribution in [3.63, 3.8) is 0 Å². The number of pyridine rings is 1. The Morgan fingerprint density at radius 3 is 3.08 bits per heavy atom. The van der Waals surface area contributed by atoms with Crippen LogP contribution in [0.4, 0.5) is 0 Å². The van der Waals surface area contributed by atoms with Crippen LogP contribution >= 0.6 is 0 Å². The maximum Gasteiger partial charge on any atom is 0.302 e. The minimum Gasteiger partial charge on any atom is -0.422 e. The van der Waals surface area contributed by atoms with E-state index in [4.69, 9.17) is 4.74 Å². The quantitative estimate of drug-likeness (QED) is 0.765. The van der Waals surface area contributed by atoms with Gasteiger partial charge in [0, 0.05) is 26.2 Å². The fourth-order valence-corrected chi connectivity index (χ4v) is 2.95. The summed E-state index contributed by atoms with van der Waals surface area (Å²) < 4.78 is 7.40. The van der Waals surface area contributed by atoms with Crippen LogP contribution in [0.2, 0.25) is 0 Å². The largest absolute Gasteiger partial charge is 0.422 e. The van der Waals surface area contributed by atoms with Crippen LogP contribution < -0.4 is 10.3 Å². The van der Waals surface area contributed by atoms with Gasteiger partial charge in [-0.15, -0.1) is 0 Å². The van der Waals surface area contributed by atoms with E-state index in [1.807, 2.05) is 0 Å². The minimum atomic E-state index is -0.289. The topological polar surface area (TPSA) is 106 Å². The number of nitrogens with one attached hydrogen (secondary N) is 1. The molecule has 1 unspecified atom stereocenters. The summed E-state index contributed by atoms with van der Waals surface area (Å²) >= 11 is 0. The molecule has 1 aliphatic heterocycles. The number of rotatable bonds is 3. The molecule has 1 amide bonds. The molecule has 9 heteroatoms. The highest BCUT2D eigenvalue weighted by molar-refractivity contribution is 5.76. The van der Waals surface area contributed by atoms with Crippen molar-refractivity contribution < 1.29 is 9.53 Å². The molecule has 9 nitrogen and oxygen atoms in total. The van der Waals surface area contributed by atoms with Crippen LogP contribution in [0.15, 0.2) is 35.6 Å². The third-order valence-corrected chi connectivity index (χ3v) is 4.26. The number of aromatic nitrogens is 5. The second-order valence-electron chi connectivity index (χ2n) is 5.93. The van der Waals surface area contributed by atoms with Gasteiger partial charge in [0.1, 0.15) is 0 Å². The number of carbonyl (C=O) groups is 1. The highest BCUT2D eigenvalue weighted by atomic mass is 16.5. The van der Waals surface area contributed by atoms with Gasteiger partial charge in [-0.3, -0.25) is 24.2 Å². The van der Waals surface area contributed by atoms with E-state index in [-0.39, 0.29) is 23.5 Å². The summed E-state index contributed by atoms with van der Waals surface area (Å²) in [4.78, 5) is 36.1. The van der Waals surface area contributed by atoms with E-state index < -0.39 is 0 Å². The van der Waals surface area contributed by atoms with E-state index in [2.05, 4.69) is 20.1 Å². The number of fused-ring (bicyclic) bond motifs is 1. The van der Waals surface area contributed by atoms with Gasteiger partial charge in [-0.25, -0.2) is 0 Å². The van der Waals surface area contributed by atoms with E-state index in [1.54, 1.807) is 35.0 Å². The van der Waals surface area contributed by atoms with Crippen molar-refractivity contribution in [1.29, 1.82) is 0 Å². The molecule has 1 fully saturated rings. The predicted molar refractivity (Wildman–Crippen MR) is 88.4 cm³/mol. The van der Waals surface area contributed by atoms with E-state index in [9.17, 15) is 9.59 Å². The summed E-state index contributed by atoms with van der Waals surface area (Å²) in [6.45, 7) is 2.92. The molecule has 4 heterocycles. The molecule has 25 heavy (non-hydrogen) atoms. The number of hydrogen-bond acceptors (Lipinski definition) is 6. The SMILES string of the molecule is CC(=O)N1CCC(n2cc(Oc3nc4cnccc4c(=O)[nH]3)cn2)C1. The third-order valence-electron chi connectivity index (χ3n) is 4.26. The van der Waals surface area contributed by atoms with Crippen molar-refractivity contribution in [3.8, 4) is 11.8 Å². The molecule has 1 aliphatic rings. The number of carbonyl (C=O) groups excluding carboxylic acids is 1. The highest BCUT2D eigenvalue weighted by Crippen LogP contribution is 2.24. The molecule has 0 aromatic carbocycles. The fourth-order valence-electron chi connectivity index (χ4n) is 2.95. The molecular weight excluding hydrogens is 324 g/mol. The lowest BCUT2D eigenvalue weighted by Crippen LogP contribution is -2.26. The number of aromatic amines is 1. The standard InChI is InChI=1S/C16H16N6O3/c1-10(23)21-5-3-11(8-21)22-9-12(6-18-22)25-16-19-14-7-17-4-2-13(14)15(24)20-16/h2,4,6-7,9,11H,3,5,8H2,1H3,(H,19,20,24). The molecule has 0 radical (unpaired) electrons. The van der Waals surface area contributed by atoms with Crippen molar-refractivity contribution in [1.82, 2.24) is 29.6 Å². The smallest absolute Gasteiger partial charge is 0.302 e. The molecule has 4 rings (SSSR count). The average molecular weight is 340 g/mol. The van der Waals surface area contributed by atoms with Crippen LogP contribution in [0.5, 0.6) is 11.8 Å². The molecule has 0 spiro atoms. The lowest BCUT2D eigenvalue weighted by Gasteiger charge is -2.13. The monoisotopic (exact) mass is 340 g/mol. The first-order valence-electron chi connectivity index (χ1n) is 7.92. The zero-order chi connectivity index (χ0) is 17.4. The Kier molecular flexibility index (Phi) is 3.68. The van der Waals surface area contributed by atoms with Crippen molar-refractivity contribution in [2.45, 2.75) is 19.4 Å². The van der Waals surface area contributed by atoms with E-state index >= 15 is 0 Å². The van der Waals surface area contributed by atoms with Gasteiger partial charge in [0.15, 0.2) is 5.75 Å². The van der Waals surface area contributed by atoms with Gasteiger partial charge < -0.3 is 9.64 Å². The van der Waals surface area contributed by atoms with E-state index in [0.29, 0.717) is 23.2 Å². The molecule has 0 bridgehead atoms. The normalized spacial score (nSPS) is 17.2. The maximum atomic E-state index is 12.0. The lowest BCUT2D eigenvalue weighted by atomic mass is 10.3. The number of ether oxygens (including phenoxy) is 1. The first-order valence-corrected chi connectivity index (χ1v) is 7.92. The number of likely N-dealkylation sites (tertiary alicyclic amines) is 1. The Morgan fingerprint density at radius 2 is 2.28 bits per heavy atom. The lowest BCUT2D eigenvalue weighted by molar-refractivity contribution is -0.127. The Bertz CT molecular complexity index is 995. The summed E-state index contributed by atoms with van der Waals surface area (Å²) in [5.74, 6) is 0.533. The van der Waals surface area contributed by atoms with Crippen molar-refractivity contribution in [2.75, 3.05) is 13.1 Å². The third kappa shape index (κ3) is 2.95. The molecule has 3 aromatic rings. The number of amides is 1. The second kappa shape index (κ2) is 6.00. The van der Waals surface area contributed by atoms with Gasteiger partial charge >= 0.3 is 6.01 Å². The predicted octanol–water partition coefficient (Wildman–Crippen LogP) is 1.10. The Hall–Kier alpha value is -3.23. The van der Waals surface area contributed by atoms with Gasteiger partial charge in [0.25, 0.3) is 5.56 Å². The zero-order valence-electron chi connectivity index (χ0n) is 13.5. The van der Waals surface area contributed by atoms with Gasteiger partial charge in [-0.05, 0) is 12.5 Å². The van der Waals surface area contributed by atoms with Crippen LogP contribution in [0.25, 0.3) is 10.9 Å². The summed E-state index contributed by atoms with van der Waals surface area (Å²) in [5, 5.41) is 4.75. The minimum absolute atomic E-state index is 0.0673. The molecule has 0 saturated carbocycles. The Balaban J connectivity index is 1.54. The van der Waals surface area contributed by atoms with Crippen LogP contribution in [-0.4, -0.2) is 48.6 Å². The van der Waals surface area contributed by atoms with Gasteiger partial charge in [0.05, 0.1) is 35.5 Å². The zero-order valence-corrected chi connectivity index (χ0v) is 13.5. The van der Waals surface area contributed by atoms with Crippen LogP contribution in [0.3, 0.4) is 0 Å². The summed E-state index contributed by atoms with van der Waals surface area (Å²) in [5.41, 5.74) is 0.171. The van der Waals surface area contributed by atoms with Gasteiger partial charge in [-0.2, -0.15) is 10.1 Å². The first-order chi connectivity index (χ1) is 12.1. The molecule has 1 saturated heterocycles. The Labute approximate surface area is 142 Å². The highest BCUT2D eigenvalue weighted by Gasteiger charge is 2.26. The fraction of sp³-hybridized carbons (Fsp3) is 0.312. The summed E-state index contributed by atoms with van der Waals surface area (Å²) in [6, 6.07) is 1.81. The van der Waals surface area contributed by atoms with Crippen molar-refractivity contribution in [2.24, 2.45) is 0 Å². The number of nitrogens with zero attached hydrogens (tertiary/aromatic N) is 5. The molecule has 3 aromatic heterocycles. The molecule has 1 N–H and O–H groups in total. The van der Waals surface area contributed by atoms with Gasteiger partial charge in [0.2, 0.25) is 5.91 Å². The summed E-state index contributed by atoms with van der Waals surface area (Å²) in [7, 11) is 0. The summed E-state index contributed by atoms with van der Waals surface area (Å²) in [6.07, 6.45) is 7.19. The molecular formula is C16H16N6O3. The molecule has 1 atom stereocenters. The maximum absolute atomic E-state index is 12.0. The molecule has 0 aliphatic carbocycles. The first kappa shape index (κ1) is 15.3. The Morgan fingerprint density at radius 1 is 1.40 bits per heavy atom. The number of hydrogen-bond donors (Lipinski definition) is 1. The van der Waals surface area contributed by atoms with E-state index in [1.165, 1.54) is 12.4 Å². The second-order valence-corrected chi connectivity index (χ2v) is 5.93.